The summed E-state index contributed by atoms with van der Waals surface area (Å²) in [7, 11) is 0. The van der Waals surface area contributed by atoms with E-state index in [1.807, 2.05) is 12.1 Å². The molecule has 2 aliphatic heterocycles. The second kappa shape index (κ2) is 7.92. The van der Waals surface area contributed by atoms with Crippen LogP contribution in [0.3, 0.4) is 0 Å². The Hall–Kier alpha value is -1.66. The molecule has 26 heavy (non-hydrogen) atoms. The molecule has 0 aliphatic carbocycles. The maximum absolute atomic E-state index is 13.9. The Morgan fingerprint density at radius 2 is 1.65 bits per heavy atom. The standard InChI is InChI=1S/C20H22ClFN2O2/c21-18-3-1-15(2-4-18)11-23-5-7-24(8-6-23)12-16-9-19(22)10-17-13-25-14-26-20(16)17/h1-4,9-10H,5-8,11-14H2. The molecule has 2 aromatic rings. The van der Waals surface area contributed by atoms with Crippen molar-refractivity contribution >= 4 is 11.6 Å². The predicted molar refractivity (Wildman–Crippen MR) is 98.7 cm³/mol. The number of piperazine rings is 1. The number of benzene rings is 2. The summed E-state index contributed by atoms with van der Waals surface area (Å²) in [5.41, 5.74) is 2.98. The second-order valence-electron chi connectivity index (χ2n) is 6.84. The lowest BCUT2D eigenvalue weighted by molar-refractivity contribution is -0.0179. The van der Waals surface area contributed by atoms with Crippen LogP contribution >= 0.6 is 11.6 Å². The Kier molecular flexibility index (Phi) is 5.41. The smallest absolute Gasteiger partial charge is 0.189 e. The Labute approximate surface area is 158 Å². The zero-order valence-corrected chi connectivity index (χ0v) is 15.3. The summed E-state index contributed by atoms with van der Waals surface area (Å²) in [6.45, 7) is 6.17. The predicted octanol–water partition coefficient (Wildman–Crippen LogP) is 3.66. The van der Waals surface area contributed by atoms with Crippen molar-refractivity contribution in [1.29, 1.82) is 0 Å². The molecule has 0 radical (unpaired) electrons. The lowest BCUT2D eigenvalue weighted by Gasteiger charge is -2.35. The first-order valence-electron chi connectivity index (χ1n) is 8.88. The topological polar surface area (TPSA) is 24.9 Å². The summed E-state index contributed by atoms with van der Waals surface area (Å²) in [6.07, 6.45) is 0. The molecule has 6 heteroatoms. The van der Waals surface area contributed by atoms with Gasteiger partial charge in [0.25, 0.3) is 0 Å². The van der Waals surface area contributed by atoms with Gasteiger partial charge in [-0.15, -0.1) is 0 Å². The van der Waals surface area contributed by atoms with Crippen LogP contribution in [0.5, 0.6) is 5.75 Å². The van der Waals surface area contributed by atoms with Gasteiger partial charge in [0.1, 0.15) is 11.6 Å². The Balaban J connectivity index is 1.35. The first-order chi connectivity index (χ1) is 12.7. The van der Waals surface area contributed by atoms with E-state index in [2.05, 4.69) is 21.9 Å². The molecule has 0 spiro atoms. The minimum atomic E-state index is -0.228. The molecule has 0 saturated carbocycles. The molecule has 0 aromatic heterocycles. The highest BCUT2D eigenvalue weighted by Crippen LogP contribution is 2.30. The third kappa shape index (κ3) is 4.18. The van der Waals surface area contributed by atoms with Gasteiger partial charge in [0, 0.05) is 55.4 Å². The lowest BCUT2D eigenvalue weighted by atomic mass is 10.1. The van der Waals surface area contributed by atoms with Gasteiger partial charge in [0.15, 0.2) is 6.79 Å². The maximum Gasteiger partial charge on any atom is 0.189 e. The van der Waals surface area contributed by atoms with E-state index < -0.39 is 0 Å². The molecule has 2 heterocycles. The highest BCUT2D eigenvalue weighted by molar-refractivity contribution is 6.30. The Bertz CT molecular complexity index is 761. The quantitative estimate of drug-likeness (QED) is 0.813. The minimum absolute atomic E-state index is 0.228. The summed E-state index contributed by atoms with van der Waals surface area (Å²) in [5, 5.41) is 0.768. The van der Waals surface area contributed by atoms with Crippen LogP contribution in [0.15, 0.2) is 36.4 Å². The molecule has 2 aromatic carbocycles. The number of hydrogen-bond acceptors (Lipinski definition) is 4. The van der Waals surface area contributed by atoms with Gasteiger partial charge in [-0.2, -0.15) is 0 Å². The Morgan fingerprint density at radius 1 is 0.962 bits per heavy atom. The average molecular weight is 377 g/mol. The van der Waals surface area contributed by atoms with Crippen LogP contribution in [0, 0.1) is 5.82 Å². The summed E-state index contributed by atoms with van der Waals surface area (Å²) in [6, 6.07) is 11.1. The van der Waals surface area contributed by atoms with Crippen molar-refractivity contribution in [2.75, 3.05) is 33.0 Å². The molecule has 1 saturated heterocycles. The zero-order valence-electron chi connectivity index (χ0n) is 14.6. The molecule has 0 amide bonds. The van der Waals surface area contributed by atoms with Crippen molar-refractivity contribution in [2.45, 2.75) is 19.7 Å². The van der Waals surface area contributed by atoms with E-state index in [0.29, 0.717) is 13.2 Å². The molecule has 0 unspecified atom stereocenters. The zero-order chi connectivity index (χ0) is 17.9. The Morgan fingerprint density at radius 3 is 2.38 bits per heavy atom. The van der Waals surface area contributed by atoms with Gasteiger partial charge in [-0.3, -0.25) is 9.80 Å². The van der Waals surface area contributed by atoms with E-state index in [9.17, 15) is 4.39 Å². The summed E-state index contributed by atoms with van der Waals surface area (Å²) < 4.78 is 24.8. The molecule has 1 fully saturated rings. The van der Waals surface area contributed by atoms with E-state index in [4.69, 9.17) is 21.1 Å². The highest BCUT2D eigenvalue weighted by Gasteiger charge is 2.22. The molecular formula is C20H22ClFN2O2. The van der Waals surface area contributed by atoms with E-state index in [-0.39, 0.29) is 12.6 Å². The van der Waals surface area contributed by atoms with Crippen molar-refractivity contribution < 1.29 is 13.9 Å². The summed E-state index contributed by atoms with van der Waals surface area (Å²) in [5.74, 6) is 0.565. The molecular weight excluding hydrogens is 355 g/mol. The minimum Gasteiger partial charge on any atom is -0.467 e. The first kappa shape index (κ1) is 17.7. The van der Waals surface area contributed by atoms with Crippen LogP contribution in [0.1, 0.15) is 16.7 Å². The first-order valence-corrected chi connectivity index (χ1v) is 9.26. The summed E-state index contributed by atoms with van der Waals surface area (Å²) in [4.78, 5) is 4.79. The van der Waals surface area contributed by atoms with Crippen LogP contribution in [0.2, 0.25) is 5.02 Å². The van der Waals surface area contributed by atoms with Crippen LogP contribution in [-0.2, 0) is 24.4 Å². The van der Waals surface area contributed by atoms with Crippen LogP contribution in [0.4, 0.5) is 4.39 Å². The number of nitrogens with zero attached hydrogens (tertiary/aromatic N) is 2. The number of ether oxygens (including phenoxy) is 2. The van der Waals surface area contributed by atoms with Crippen molar-refractivity contribution in [3.05, 3.63) is 63.9 Å². The molecule has 4 rings (SSSR count). The van der Waals surface area contributed by atoms with Crippen molar-refractivity contribution in [2.24, 2.45) is 0 Å². The average Bonchev–Trinajstić information content (AvgIpc) is 2.65. The van der Waals surface area contributed by atoms with Crippen molar-refractivity contribution in [3.63, 3.8) is 0 Å². The van der Waals surface area contributed by atoms with Gasteiger partial charge < -0.3 is 9.47 Å². The van der Waals surface area contributed by atoms with Gasteiger partial charge >= 0.3 is 0 Å². The largest absolute Gasteiger partial charge is 0.467 e. The van der Waals surface area contributed by atoms with Gasteiger partial charge in [0.05, 0.1) is 6.61 Å². The second-order valence-corrected chi connectivity index (χ2v) is 7.28. The van der Waals surface area contributed by atoms with Crippen LogP contribution in [-0.4, -0.2) is 42.8 Å². The third-order valence-corrected chi connectivity index (χ3v) is 5.18. The van der Waals surface area contributed by atoms with Crippen molar-refractivity contribution in [3.8, 4) is 5.75 Å². The maximum atomic E-state index is 13.9. The fourth-order valence-corrected chi connectivity index (χ4v) is 3.69. The number of rotatable bonds is 4. The van der Waals surface area contributed by atoms with Crippen LogP contribution in [0.25, 0.3) is 0 Å². The molecule has 0 N–H and O–H groups in total. The van der Waals surface area contributed by atoms with Gasteiger partial charge in [-0.1, -0.05) is 23.7 Å². The number of halogens is 2. The van der Waals surface area contributed by atoms with Gasteiger partial charge in [-0.25, -0.2) is 4.39 Å². The molecule has 138 valence electrons. The molecule has 4 nitrogen and oxygen atoms in total. The monoisotopic (exact) mass is 376 g/mol. The molecule has 2 aliphatic rings. The molecule has 0 bridgehead atoms. The van der Waals surface area contributed by atoms with E-state index in [1.165, 1.54) is 11.6 Å². The highest BCUT2D eigenvalue weighted by atomic mass is 35.5. The normalized spacial score (nSPS) is 18.4. The number of hydrogen-bond donors (Lipinski definition) is 0. The molecule has 0 atom stereocenters. The van der Waals surface area contributed by atoms with Gasteiger partial charge in [-0.05, 0) is 29.8 Å². The van der Waals surface area contributed by atoms with Crippen molar-refractivity contribution in [1.82, 2.24) is 9.80 Å². The van der Waals surface area contributed by atoms with Gasteiger partial charge in [0.2, 0.25) is 0 Å². The van der Waals surface area contributed by atoms with E-state index in [0.717, 1.165) is 54.6 Å². The van der Waals surface area contributed by atoms with E-state index in [1.54, 1.807) is 6.07 Å². The fourth-order valence-electron chi connectivity index (χ4n) is 3.57. The third-order valence-electron chi connectivity index (χ3n) is 4.93. The number of fused-ring (bicyclic) bond motifs is 1. The lowest BCUT2D eigenvalue weighted by Crippen LogP contribution is -2.45. The van der Waals surface area contributed by atoms with E-state index >= 15 is 0 Å². The SMILES string of the molecule is Fc1cc2c(c(CN3CCN(Cc4ccc(Cl)cc4)CC3)c1)OCOC2. The summed E-state index contributed by atoms with van der Waals surface area (Å²) >= 11 is 5.95. The van der Waals surface area contributed by atoms with Crippen LogP contribution < -0.4 is 4.74 Å². The fraction of sp³-hybridized carbons (Fsp3) is 0.400.